The second-order valence-corrected chi connectivity index (χ2v) is 9.90. The molecule has 23 heavy (non-hydrogen) atoms. The van der Waals surface area contributed by atoms with Gasteiger partial charge >= 0.3 is 0 Å². The van der Waals surface area contributed by atoms with Crippen LogP contribution in [-0.2, 0) is 19.9 Å². The van der Waals surface area contributed by atoms with Crippen molar-refractivity contribution < 1.29 is 21.9 Å². The largest absolute Gasteiger partial charge is 0.390 e. The molecule has 2 atom stereocenters. The lowest BCUT2D eigenvalue weighted by atomic mass is 10.2. The molecule has 1 aromatic carbocycles. The quantitative estimate of drug-likeness (QED) is 0.723. The van der Waals surface area contributed by atoms with Crippen molar-refractivity contribution in [3.63, 3.8) is 0 Å². The molecule has 7 nitrogen and oxygen atoms in total. The summed E-state index contributed by atoms with van der Waals surface area (Å²) in [7, 11) is -7.42. The molecular formula is C14H22N2O5S2. The summed E-state index contributed by atoms with van der Waals surface area (Å²) in [6.45, 7) is 3.44. The second-order valence-electron chi connectivity index (χ2n) is 5.88. The lowest BCUT2D eigenvalue weighted by Crippen LogP contribution is -2.48. The van der Waals surface area contributed by atoms with E-state index in [1.165, 1.54) is 0 Å². The van der Waals surface area contributed by atoms with E-state index in [0.717, 1.165) is 9.87 Å². The zero-order valence-electron chi connectivity index (χ0n) is 13.1. The highest BCUT2D eigenvalue weighted by Crippen LogP contribution is 2.27. The standard InChI is InChI=1S/C14H22N2O5S2/c1-10-3-4-11(2)14(7-10)23(20,21)16(6-5-15)12-8-22(18,19)9-13(12)17/h3-4,7,12-13,17H,5-6,8-9,15H2,1-2H3/t12-,13-/m1/s1. The van der Waals surface area contributed by atoms with Gasteiger partial charge in [-0.15, -0.1) is 0 Å². The fraction of sp³-hybridized carbons (Fsp3) is 0.571. The Labute approximate surface area is 137 Å². The van der Waals surface area contributed by atoms with Crippen molar-refractivity contribution in [2.24, 2.45) is 5.73 Å². The number of benzene rings is 1. The predicted molar refractivity (Wildman–Crippen MR) is 87.3 cm³/mol. The first-order chi connectivity index (χ1) is 10.6. The van der Waals surface area contributed by atoms with E-state index in [9.17, 15) is 21.9 Å². The molecule has 3 N–H and O–H groups in total. The second kappa shape index (κ2) is 6.48. The number of nitrogens with zero attached hydrogens (tertiary/aromatic N) is 1. The third-order valence-corrected chi connectivity index (χ3v) is 7.71. The molecule has 1 aliphatic rings. The summed E-state index contributed by atoms with van der Waals surface area (Å²) in [5, 5.41) is 10.0. The fourth-order valence-electron chi connectivity index (χ4n) is 2.79. The molecule has 9 heteroatoms. The SMILES string of the molecule is Cc1ccc(C)c(S(=O)(=O)N(CCN)[C@@H]2CS(=O)(=O)C[C@H]2O)c1. The maximum Gasteiger partial charge on any atom is 0.243 e. The van der Waals surface area contributed by atoms with Crippen LogP contribution in [0.1, 0.15) is 11.1 Å². The smallest absolute Gasteiger partial charge is 0.243 e. The van der Waals surface area contributed by atoms with Crippen molar-refractivity contribution in [2.75, 3.05) is 24.6 Å². The van der Waals surface area contributed by atoms with Crippen LogP contribution in [0, 0.1) is 13.8 Å². The molecule has 0 aromatic heterocycles. The molecule has 0 saturated carbocycles. The molecule has 1 aromatic rings. The Hall–Kier alpha value is -1.00. The molecule has 2 rings (SSSR count). The van der Waals surface area contributed by atoms with Gasteiger partial charge < -0.3 is 10.8 Å². The van der Waals surface area contributed by atoms with E-state index in [-0.39, 0.29) is 18.0 Å². The highest BCUT2D eigenvalue weighted by Gasteiger charge is 2.44. The van der Waals surface area contributed by atoms with E-state index in [4.69, 9.17) is 5.73 Å². The lowest BCUT2D eigenvalue weighted by Gasteiger charge is -2.29. The Morgan fingerprint density at radius 1 is 1.30 bits per heavy atom. The average molecular weight is 362 g/mol. The number of hydrogen-bond donors (Lipinski definition) is 2. The summed E-state index contributed by atoms with van der Waals surface area (Å²) < 4.78 is 50.5. The Kier molecular flexibility index (Phi) is 5.17. The van der Waals surface area contributed by atoms with E-state index in [1.54, 1.807) is 32.0 Å². The summed E-state index contributed by atoms with van der Waals surface area (Å²) in [6.07, 6.45) is -1.24. The predicted octanol–water partition coefficient (Wildman–Crippen LogP) is -0.589. The van der Waals surface area contributed by atoms with Crippen LogP contribution < -0.4 is 5.73 Å². The van der Waals surface area contributed by atoms with Gasteiger partial charge in [0.25, 0.3) is 0 Å². The first kappa shape index (κ1) is 18.3. The Balaban J connectivity index is 2.50. The van der Waals surface area contributed by atoms with E-state index in [1.807, 2.05) is 0 Å². The Morgan fingerprint density at radius 2 is 1.96 bits per heavy atom. The molecule has 0 radical (unpaired) electrons. The molecule has 1 aliphatic heterocycles. The van der Waals surface area contributed by atoms with Gasteiger partial charge in [0.1, 0.15) is 0 Å². The van der Waals surface area contributed by atoms with Gasteiger partial charge in [0, 0.05) is 13.1 Å². The normalized spacial score (nSPS) is 24.2. The zero-order valence-corrected chi connectivity index (χ0v) is 14.8. The highest BCUT2D eigenvalue weighted by atomic mass is 32.2. The van der Waals surface area contributed by atoms with Gasteiger partial charge in [-0.2, -0.15) is 4.31 Å². The third kappa shape index (κ3) is 3.74. The summed E-state index contributed by atoms with van der Waals surface area (Å²) >= 11 is 0. The fourth-order valence-corrected chi connectivity index (χ4v) is 6.66. The van der Waals surface area contributed by atoms with Gasteiger partial charge in [0.2, 0.25) is 10.0 Å². The van der Waals surface area contributed by atoms with E-state index in [0.29, 0.717) is 5.56 Å². The Bertz CT molecular complexity index is 789. The average Bonchev–Trinajstić information content (AvgIpc) is 2.71. The van der Waals surface area contributed by atoms with Crippen molar-refractivity contribution >= 4 is 19.9 Å². The van der Waals surface area contributed by atoms with E-state index in [2.05, 4.69) is 0 Å². The summed E-state index contributed by atoms with van der Waals surface area (Å²) in [6, 6.07) is 4.04. The molecule has 0 spiro atoms. The molecule has 130 valence electrons. The molecule has 0 bridgehead atoms. The number of hydrogen-bond acceptors (Lipinski definition) is 6. The minimum absolute atomic E-state index is 0.0351. The van der Waals surface area contributed by atoms with Crippen LogP contribution in [0.3, 0.4) is 0 Å². The summed E-state index contributed by atoms with van der Waals surface area (Å²) in [5.41, 5.74) is 6.86. The van der Waals surface area contributed by atoms with Crippen molar-refractivity contribution in [1.82, 2.24) is 4.31 Å². The molecule has 0 amide bonds. The van der Waals surface area contributed by atoms with Gasteiger partial charge in [-0.1, -0.05) is 12.1 Å². The van der Waals surface area contributed by atoms with E-state index < -0.39 is 43.5 Å². The van der Waals surface area contributed by atoms with Crippen LogP contribution in [0.25, 0.3) is 0 Å². The van der Waals surface area contributed by atoms with Gasteiger partial charge in [-0.3, -0.25) is 0 Å². The number of nitrogens with two attached hydrogens (primary N) is 1. The molecular weight excluding hydrogens is 340 g/mol. The van der Waals surface area contributed by atoms with Crippen molar-refractivity contribution in [1.29, 1.82) is 0 Å². The van der Waals surface area contributed by atoms with Crippen LogP contribution in [-0.4, -0.2) is 63.0 Å². The van der Waals surface area contributed by atoms with Gasteiger partial charge in [0.15, 0.2) is 9.84 Å². The van der Waals surface area contributed by atoms with Gasteiger partial charge in [-0.25, -0.2) is 16.8 Å². The highest BCUT2D eigenvalue weighted by molar-refractivity contribution is 7.92. The van der Waals surface area contributed by atoms with Crippen molar-refractivity contribution in [3.05, 3.63) is 29.3 Å². The number of rotatable bonds is 5. The van der Waals surface area contributed by atoms with Gasteiger partial charge in [0.05, 0.1) is 28.5 Å². The Morgan fingerprint density at radius 3 is 2.48 bits per heavy atom. The first-order valence-corrected chi connectivity index (χ1v) is 10.5. The number of aliphatic hydroxyl groups is 1. The molecule has 1 heterocycles. The van der Waals surface area contributed by atoms with Crippen molar-refractivity contribution in [2.45, 2.75) is 30.9 Å². The maximum atomic E-state index is 13.0. The van der Waals surface area contributed by atoms with Crippen LogP contribution >= 0.6 is 0 Å². The molecule has 0 unspecified atom stereocenters. The van der Waals surface area contributed by atoms with Gasteiger partial charge in [-0.05, 0) is 31.0 Å². The summed E-state index contributed by atoms with van der Waals surface area (Å²) in [4.78, 5) is 0.113. The maximum absolute atomic E-state index is 13.0. The van der Waals surface area contributed by atoms with Crippen LogP contribution in [0.2, 0.25) is 0 Å². The van der Waals surface area contributed by atoms with Crippen molar-refractivity contribution in [3.8, 4) is 0 Å². The number of aliphatic hydroxyl groups excluding tert-OH is 1. The monoisotopic (exact) mass is 362 g/mol. The van der Waals surface area contributed by atoms with E-state index >= 15 is 0 Å². The number of sulfonamides is 1. The molecule has 1 saturated heterocycles. The topological polar surface area (TPSA) is 118 Å². The lowest BCUT2D eigenvalue weighted by molar-refractivity contribution is 0.129. The number of aryl methyl sites for hydroxylation is 2. The minimum Gasteiger partial charge on any atom is -0.390 e. The van der Waals surface area contributed by atoms with Crippen LogP contribution in [0.5, 0.6) is 0 Å². The van der Waals surface area contributed by atoms with Crippen LogP contribution in [0.4, 0.5) is 0 Å². The van der Waals surface area contributed by atoms with Crippen LogP contribution in [0.15, 0.2) is 23.1 Å². The third-order valence-electron chi connectivity index (χ3n) is 3.94. The number of sulfone groups is 1. The zero-order chi connectivity index (χ0) is 17.4. The minimum atomic E-state index is -3.95. The summed E-state index contributed by atoms with van der Waals surface area (Å²) in [5.74, 6) is -0.820. The molecule has 1 fully saturated rings. The molecule has 0 aliphatic carbocycles. The first-order valence-electron chi connectivity index (χ1n) is 7.26.